The minimum atomic E-state index is 0.0590. The molecular weight excluding hydrogens is 276 g/mol. The largest absolute Gasteiger partial charge is 0.493 e. The number of nitrogens with zero attached hydrogens (tertiary/aromatic N) is 1. The van der Waals surface area contributed by atoms with E-state index in [2.05, 4.69) is 35.3 Å². The lowest BCUT2D eigenvalue weighted by Gasteiger charge is -2.43. The van der Waals surface area contributed by atoms with Crippen LogP contribution in [0, 0.1) is 0 Å². The molecule has 3 aliphatic heterocycles. The van der Waals surface area contributed by atoms with Gasteiger partial charge in [0.15, 0.2) is 0 Å². The lowest BCUT2D eigenvalue weighted by Crippen LogP contribution is -2.56. The van der Waals surface area contributed by atoms with Gasteiger partial charge in [-0.2, -0.15) is 0 Å². The standard InChI is InChI=1S/C18H26N2O2/c1-14-11-20(13-18(22-14)6-7-19-12-18)8-4-15-2-3-17-16(10-15)5-9-21-17/h2-3,10,14,19H,4-9,11-13H2,1H3. The Morgan fingerprint density at radius 1 is 1.41 bits per heavy atom. The summed E-state index contributed by atoms with van der Waals surface area (Å²) in [6.45, 7) is 8.38. The molecule has 3 aliphatic rings. The topological polar surface area (TPSA) is 33.7 Å². The number of benzene rings is 1. The maximum absolute atomic E-state index is 6.26. The zero-order chi connectivity index (χ0) is 15.0. The molecule has 0 aliphatic carbocycles. The van der Waals surface area contributed by atoms with Gasteiger partial charge < -0.3 is 14.8 Å². The smallest absolute Gasteiger partial charge is 0.122 e. The molecule has 2 atom stereocenters. The molecule has 1 spiro atoms. The van der Waals surface area contributed by atoms with Crippen LogP contribution in [0.3, 0.4) is 0 Å². The van der Waals surface area contributed by atoms with Crippen LogP contribution in [-0.4, -0.2) is 55.9 Å². The maximum atomic E-state index is 6.26. The lowest BCUT2D eigenvalue weighted by molar-refractivity contribution is -0.137. The molecule has 22 heavy (non-hydrogen) atoms. The van der Waals surface area contributed by atoms with Crippen molar-refractivity contribution in [2.75, 3.05) is 39.3 Å². The monoisotopic (exact) mass is 302 g/mol. The first kappa shape index (κ1) is 14.5. The van der Waals surface area contributed by atoms with Gasteiger partial charge in [-0.05, 0) is 43.5 Å². The summed E-state index contributed by atoms with van der Waals surface area (Å²) < 4.78 is 11.8. The minimum Gasteiger partial charge on any atom is -0.493 e. The summed E-state index contributed by atoms with van der Waals surface area (Å²) in [6, 6.07) is 6.70. The average Bonchev–Trinajstić information content (AvgIpc) is 3.13. The van der Waals surface area contributed by atoms with Crippen LogP contribution in [0.2, 0.25) is 0 Å². The zero-order valence-corrected chi connectivity index (χ0v) is 13.4. The fourth-order valence-electron chi connectivity index (χ4n) is 4.15. The first-order valence-corrected chi connectivity index (χ1v) is 8.58. The molecule has 1 N–H and O–H groups in total. The minimum absolute atomic E-state index is 0.0590. The van der Waals surface area contributed by atoms with E-state index in [9.17, 15) is 0 Å². The van der Waals surface area contributed by atoms with Crippen molar-refractivity contribution in [1.29, 1.82) is 0 Å². The molecular formula is C18H26N2O2. The fourth-order valence-corrected chi connectivity index (χ4v) is 4.15. The van der Waals surface area contributed by atoms with Crippen molar-refractivity contribution < 1.29 is 9.47 Å². The number of hydrogen-bond donors (Lipinski definition) is 1. The Morgan fingerprint density at radius 2 is 2.36 bits per heavy atom. The Bertz CT molecular complexity index is 540. The van der Waals surface area contributed by atoms with E-state index in [1.165, 1.54) is 11.1 Å². The SMILES string of the molecule is CC1CN(CCc2ccc3c(c2)CCO3)CC2(CCNC2)O1. The summed E-state index contributed by atoms with van der Waals surface area (Å²) in [5.41, 5.74) is 2.87. The van der Waals surface area contributed by atoms with Gasteiger partial charge in [0.2, 0.25) is 0 Å². The normalized spacial score (nSPS) is 31.4. The number of morpholine rings is 1. The molecule has 0 aromatic heterocycles. The predicted molar refractivity (Wildman–Crippen MR) is 86.5 cm³/mol. The van der Waals surface area contributed by atoms with Crippen molar-refractivity contribution >= 4 is 0 Å². The molecule has 3 heterocycles. The Hall–Kier alpha value is -1.10. The van der Waals surface area contributed by atoms with Crippen LogP contribution in [0.1, 0.15) is 24.5 Å². The van der Waals surface area contributed by atoms with E-state index < -0.39 is 0 Å². The Morgan fingerprint density at radius 3 is 3.23 bits per heavy atom. The van der Waals surface area contributed by atoms with Crippen LogP contribution in [-0.2, 0) is 17.6 Å². The van der Waals surface area contributed by atoms with E-state index in [1.807, 2.05) is 0 Å². The molecule has 1 aromatic rings. The van der Waals surface area contributed by atoms with Crippen molar-refractivity contribution in [1.82, 2.24) is 10.2 Å². The average molecular weight is 302 g/mol. The van der Waals surface area contributed by atoms with Crippen molar-refractivity contribution in [2.24, 2.45) is 0 Å². The van der Waals surface area contributed by atoms with Gasteiger partial charge in [0.05, 0.1) is 18.3 Å². The molecule has 0 amide bonds. The van der Waals surface area contributed by atoms with Gasteiger partial charge in [-0.1, -0.05) is 12.1 Å². The molecule has 2 unspecified atom stereocenters. The van der Waals surface area contributed by atoms with E-state index in [0.29, 0.717) is 6.10 Å². The quantitative estimate of drug-likeness (QED) is 0.920. The Labute approximate surface area is 132 Å². The number of hydrogen-bond acceptors (Lipinski definition) is 4. The van der Waals surface area contributed by atoms with Crippen LogP contribution in [0.4, 0.5) is 0 Å². The van der Waals surface area contributed by atoms with E-state index in [1.54, 1.807) is 0 Å². The third-order valence-corrected chi connectivity index (χ3v) is 5.15. The van der Waals surface area contributed by atoms with E-state index in [-0.39, 0.29) is 5.60 Å². The second-order valence-electron chi connectivity index (χ2n) is 7.06. The van der Waals surface area contributed by atoms with Crippen molar-refractivity contribution in [3.05, 3.63) is 29.3 Å². The third-order valence-electron chi connectivity index (χ3n) is 5.15. The van der Waals surface area contributed by atoms with Crippen LogP contribution < -0.4 is 10.1 Å². The van der Waals surface area contributed by atoms with Crippen LogP contribution in [0.15, 0.2) is 18.2 Å². The van der Waals surface area contributed by atoms with Crippen molar-refractivity contribution in [3.8, 4) is 5.75 Å². The van der Waals surface area contributed by atoms with Gasteiger partial charge in [-0.25, -0.2) is 0 Å². The van der Waals surface area contributed by atoms with Crippen LogP contribution >= 0.6 is 0 Å². The van der Waals surface area contributed by atoms with Gasteiger partial charge in [0, 0.05) is 32.6 Å². The fraction of sp³-hybridized carbons (Fsp3) is 0.667. The van der Waals surface area contributed by atoms with Gasteiger partial charge in [0.25, 0.3) is 0 Å². The molecule has 1 aromatic carbocycles. The number of rotatable bonds is 3. The van der Waals surface area contributed by atoms with Crippen LogP contribution in [0.5, 0.6) is 5.75 Å². The maximum Gasteiger partial charge on any atom is 0.122 e. The second-order valence-corrected chi connectivity index (χ2v) is 7.06. The first-order chi connectivity index (χ1) is 10.7. The number of nitrogens with one attached hydrogen (secondary N) is 1. The first-order valence-electron chi connectivity index (χ1n) is 8.58. The highest BCUT2D eigenvalue weighted by Crippen LogP contribution is 2.29. The van der Waals surface area contributed by atoms with Gasteiger partial charge in [-0.15, -0.1) is 0 Å². The molecule has 2 fully saturated rings. The lowest BCUT2D eigenvalue weighted by atomic mass is 9.98. The summed E-state index contributed by atoms with van der Waals surface area (Å²) in [5.74, 6) is 1.08. The summed E-state index contributed by atoms with van der Waals surface area (Å²) >= 11 is 0. The highest BCUT2D eigenvalue weighted by molar-refractivity contribution is 5.39. The van der Waals surface area contributed by atoms with E-state index in [0.717, 1.165) is 64.3 Å². The van der Waals surface area contributed by atoms with Crippen molar-refractivity contribution in [2.45, 2.75) is 37.9 Å². The Kier molecular flexibility index (Phi) is 3.84. The van der Waals surface area contributed by atoms with Gasteiger partial charge >= 0.3 is 0 Å². The molecule has 120 valence electrons. The number of fused-ring (bicyclic) bond motifs is 1. The zero-order valence-electron chi connectivity index (χ0n) is 13.4. The summed E-state index contributed by atoms with van der Waals surface area (Å²) in [4.78, 5) is 2.59. The number of ether oxygens (including phenoxy) is 2. The van der Waals surface area contributed by atoms with E-state index >= 15 is 0 Å². The molecule has 4 heteroatoms. The summed E-state index contributed by atoms with van der Waals surface area (Å²) in [6.07, 6.45) is 3.65. The molecule has 2 saturated heterocycles. The highest BCUT2D eigenvalue weighted by atomic mass is 16.5. The molecule has 4 nitrogen and oxygen atoms in total. The summed E-state index contributed by atoms with van der Waals surface area (Å²) in [7, 11) is 0. The Balaban J connectivity index is 1.38. The van der Waals surface area contributed by atoms with E-state index in [4.69, 9.17) is 9.47 Å². The van der Waals surface area contributed by atoms with Gasteiger partial charge in [-0.3, -0.25) is 4.90 Å². The predicted octanol–water partition coefficient (Wildman–Crippen LogP) is 1.62. The van der Waals surface area contributed by atoms with Gasteiger partial charge in [0.1, 0.15) is 5.75 Å². The second kappa shape index (κ2) is 5.84. The van der Waals surface area contributed by atoms with Crippen LogP contribution in [0.25, 0.3) is 0 Å². The summed E-state index contributed by atoms with van der Waals surface area (Å²) in [5, 5.41) is 3.46. The molecule has 0 bridgehead atoms. The molecule has 4 rings (SSSR count). The molecule has 0 saturated carbocycles. The highest BCUT2D eigenvalue weighted by Gasteiger charge is 2.41. The van der Waals surface area contributed by atoms with Crippen molar-refractivity contribution in [3.63, 3.8) is 0 Å². The third kappa shape index (κ3) is 2.87. The molecule has 0 radical (unpaired) electrons.